The van der Waals surface area contributed by atoms with Crippen LogP contribution in [-0.2, 0) is 0 Å². The number of rotatable bonds is 3. The van der Waals surface area contributed by atoms with Gasteiger partial charge in [-0.3, -0.25) is 0 Å². The molecule has 3 nitrogen and oxygen atoms in total. The Labute approximate surface area is 138 Å². The molecule has 2 aromatic rings. The highest BCUT2D eigenvalue weighted by atomic mass is 35.5. The van der Waals surface area contributed by atoms with Crippen molar-refractivity contribution in [1.82, 2.24) is 9.97 Å². The summed E-state index contributed by atoms with van der Waals surface area (Å²) in [7, 11) is 0. The Kier molecular flexibility index (Phi) is 4.87. The molecule has 0 aliphatic rings. The van der Waals surface area contributed by atoms with Crippen molar-refractivity contribution in [3.8, 4) is 5.75 Å². The van der Waals surface area contributed by atoms with Crippen molar-refractivity contribution in [3.05, 3.63) is 51.5 Å². The van der Waals surface area contributed by atoms with Gasteiger partial charge >= 0.3 is 0 Å². The maximum Gasteiger partial charge on any atom is 0.185 e. The van der Waals surface area contributed by atoms with Gasteiger partial charge in [0.1, 0.15) is 5.75 Å². The van der Waals surface area contributed by atoms with E-state index in [1.165, 1.54) is 0 Å². The minimum atomic E-state index is -0.289. The van der Waals surface area contributed by atoms with Gasteiger partial charge in [0, 0.05) is 22.8 Å². The minimum Gasteiger partial charge on any atom is -0.451 e. The van der Waals surface area contributed by atoms with E-state index in [1.807, 2.05) is 20.8 Å². The van der Waals surface area contributed by atoms with Crippen LogP contribution in [0.4, 0.5) is 0 Å². The smallest absolute Gasteiger partial charge is 0.185 e. The first kappa shape index (κ1) is 16.2. The molecule has 0 amide bonds. The molecule has 0 saturated heterocycles. The summed E-state index contributed by atoms with van der Waals surface area (Å²) >= 11 is 18.5. The summed E-state index contributed by atoms with van der Waals surface area (Å²) in [5, 5.41) is 1.49. The molecular weight excluding hydrogens is 331 g/mol. The van der Waals surface area contributed by atoms with E-state index in [-0.39, 0.29) is 5.41 Å². The molecule has 0 aliphatic carbocycles. The molecular formula is C15H15Cl3N2O. The van der Waals surface area contributed by atoms with Crippen LogP contribution in [0, 0.1) is 5.41 Å². The normalized spacial score (nSPS) is 13.0. The van der Waals surface area contributed by atoms with Crippen LogP contribution in [0.2, 0.25) is 10.0 Å². The van der Waals surface area contributed by atoms with E-state index < -0.39 is 0 Å². The van der Waals surface area contributed by atoms with Gasteiger partial charge in [-0.25, -0.2) is 4.98 Å². The zero-order valence-electron chi connectivity index (χ0n) is 11.9. The number of hydrogen-bond donors (Lipinski definition) is 1. The number of nitrogens with one attached hydrogen (secondary N) is 1. The Morgan fingerprint density at radius 3 is 2.48 bits per heavy atom. The van der Waals surface area contributed by atoms with Gasteiger partial charge < -0.3 is 9.72 Å². The SMILES string of the molecule is CC(C)(C)C(Cl)=C(Oc1ccc(Cl)cc1Cl)c1ncc[nH]1. The summed E-state index contributed by atoms with van der Waals surface area (Å²) in [6, 6.07) is 5.01. The molecule has 0 fully saturated rings. The third-order valence-corrected chi connectivity index (χ3v) is 3.95. The molecule has 0 unspecified atom stereocenters. The van der Waals surface area contributed by atoms with Crippen molar-refractivity contribution in [1.29, 1.82) is 0 Å². The fourth-order valence-corrected chi connectivity index (χ4v) is 2.17. The van der Waals surface area contributed by atoms with Crippen molar-refractivity contribution in [2.45, 2.75) is 20.8 Å². The largest absolute Gasteiger partial charge is 0.451 e. The molecule has 1 aromatic heterocycles. The van der Waals surface area contributed by atoms with Gasteiger partial charge in [0.05, 0.1) is 10.1 Å². The number of aromatic nitrogens is 2. The van der Waals surface area contributed by atoms with Gasteiger partial charge in [0.2, 0.25) is 0 Å². The number of aromatic amines is 1. The van der Waals surface area contributed by atoms with Crippen LogP contribution >= 0.6 is 34.8 Å². The lowest BCUT2D eigenvalue weighted by atomic mass is 9.95. The molecule has 1 aromatic carbocycles. The van der Waals surface area contributed by atoms with Crippen molar-refractivity contribution in [2.75, 3.05) is 0 Å². The Hall–Kier alpha value is -1.16. The first-order valence-corrected chi connectivity index (χ1v) is 7.45. The molecule has 1 heterocycles. The van der Waals surface area contributed by atoms with E-state index in [9.17, 15) is 0 Å². The molecule has 0 aliphatic heterocycles. The lowest BCUT2D eigenvalue weighted by molar-refractivity contribution is 0.472. The van der Waals surface area contributed by atoms with Gasteiger partial charge in [-0.2, -0.15) is 0 Å². The van der Waals surface area contributed by atoms with E-state index in [2.05, 4.69) is 9.97 Å². The Balaban J connectivity index is 2.47. The van der Waals surface area contributed by atoms with E-state index in [4.69, 9.17) is 39.5 Å². The average molecular weight is 346 g/mol. The molecule has 6 heteroatoms. The van der Waals surface area contributed by atoms with E-state index in [1.54, 1.807) is 30.6 Å². The van der Waals surface area contributed by atoms with Gasteiger partial charge in [-0.1, -0.05) is 55.6 Å². The monoisotopic (exact) mass is 344 g/mol. The van der Waals surface area contributed by atoms with Crippen LogP contribution in [0.1, 0.15) is 26.6 Å². The molecule has 1 N–H and O–H groups in total. The highest BCUT2D eigenvalue weighted by Crippen LogP contribution is 2.37. The number of hydrogen-bond acceptors (Lipinski definition) is 2. The fourth-order valence-electron chi connectivity index (χ4n) is 1.60. The van der Waals surface area contributed by atoms with Crippen LogP contribution in [0.15, 0.2) is 35.6 Å². The summed E-state index contributed by atoms with van der Waals surface area (Å²) in [6.45, 7) is 5.97. The van der Waals surface area contributed by atoms with Crippen molar-refractivity contribution in [3.63, 3.8) is 0 Å². The van der Waals surface area contributed by atoms with Gasteiger partial charge in [-0.05, 0) is 18.2 Å². The number of halogens is 3. The number of benzene rings is 1. The number of allylic oxidation sites excluding steroid dienone is 1. The summed E-state index contributed by atoms with van der Waals surface area (Å²) in [5.41, 5.74) is -0.289. The van der Waals surface area contributed by atoms with E-state index in [0.29, 0.717) is 32.4 Å². The first-order valence-electron chi connectivity index (χ1n) is 6.32. The van der Waals surface area contributed by atoms with Gasteiger partial charge in [0.15, 0.2) is 11.6 Å². The lowest BCUT2D eigenvalue weighted by Crippen LogP contribution is -2.11. The lowest BCUT2D eigenvalue weighted by Gasteiger charge is -2.21. The van der Waals surface area contributed by atoms with Crippen LogP contribution in [0.5, 0.6) is 5.75 Å². The highest BCUT2D eigenvalue weighted by Gasteiger charge is 2.24. The van der Waals surface area contributed by atoms with Crippen molar-refractivity contribution < 1.29 is 4.74 Å². The second-order valence-corrected chi connectivity index (χ2v) is 6.73. The van der Waals surface area contributed by atoms with E-state index >= 15 is 0 Å². The molecule has 0 radical (unpaired) electrons. The zero-order valence-corrected chi connectivity index (χ0v) is 14.1. The third kappa shape index (κ3) is 3.94. The molecule has 0 spiro atoms. The maximum atomic E-state index is 6.47. The Morgan fingerprint density at radius 1 is 1.24 bits per heavy atom. The number of ether oxygens (including phenoxy) is 1. The third-order valence-electron chi connectivity index (χ3n) is 2.68. The Morgan fingerprint density at radius 2 is 1.95 bits per heavy atom. The summed E-state index contributed by atoms with van der Waals surface area (Å²) in [5.74, 6) is 1.45. The first-order chi connectivity index (χ1) is 9.79. The molecule has 0 saturated carbocycles. The van der Waals surface area contributed by atoms with Crippen LogP contribution in [0.3, 0.4) is 0 Å². The predicted molar refractivity (Wildman–Crippen MR) is 87.9 cm³/mol. The average Bonchev–Trinajstić information content (AvgIpc) is 2.90. The summed E-state index contributed by atoms with van der Waals surface area (Å²) in [4.78, 5) is 7.20. The van der Waals surface area contributed by atoms with Gasteiger partial charge in [-0.15, -0.1) is 0 Å². The second-order valence-electron chi connectivity index (χ2n) is 5.51. The maximum absolute atomic E-state index is 6.47. The fraction of sp³-hybridized carbons (Fsp3) is 0.267. The number of imidazole rings is 1. The Bertz CT molecular complexity index is 658. The number of nitrogens with zero attached hydrogens (tertiary/aromatic N) is 1. The van der Waals surface area contributed by atoms with Crippen LogP contribution in [-0.4, -0.2) is 9.97 Å². The van der Waals surface area contributed by atoms with Crippen molar-refractivity contribution in [2.24, 2.45) is 5.41 Å². The standard InChI is InChI=1S/C15H15Cl3N2O/c1-15(2,3)13(18)12(14-19-6-7-20-14)21-11-5-4-9(16)8-10(11)17/h4-8H,1-3H3,(H,19,20). The molecule has 112 valence electrons. The van der Waals surface area contributed by atoms with Crippen LogP contribution < -0.4 is 4.74 Å². The molecule has 0 bridgehead atoms. The molecule has 0 atom stereocenters. The van der Waals surface area contributed by atoms with Gasteiger partial charge in [0.25, 0.3) is 0 Å². The minimum absolute atomic E-state index is 0.289. The van der Waals surface area contributed by atoms with Crippen LogP contribution in [0.25, 0.3) is 5.76 Å². The zero-order chi connectivity index (χ0) is 15.6. The topological polar surface area (TPSA) is 37.9 Å². The quantitative estimate of drug-likeness (QED) is 0.719. The highest BCUT2D eigenvalue weighted by molar-refractivity contribution is 6.35. The predicted octanol–water partition coefficient (Wildman–Crippen LogP) is 5.75. The molecule has 2 rings (SSSR count). The molecule has 21 heavy (non-hydrogen) atoms. The second kappa shape index (κ2) is 6.30. The number of H-pyrrole nitrogens is 1. The van der Waals surface area contributed by atoms with E-state index in [0.717, 1.165) is 0 Å². The summed E-state index contributed by atoms with van der Waals surface area (Å²) in [6.07, 6.45) is 3.34. The summed E-state index contributed by atoms with van der Waals surface area (Å²) < 4.78 is 5.90. The van der Waals surface area contributed by atoms with Crippen molar-refractivity contribution >= 4 is 40.6 Å².